The summed E-state index contributed by atoms with van der Waals surface area (Å²) in [5.41, 5.74) is 0. The van der Waals surface area contributed by atoms with Crippen molar-refractivity contribution in [1.82, 2.24) is 0 Å². The molecule has 74 valence electrons. The average molecular weight is 184 g/mol. The predicted molar refractivity (Wildman–Crippen MR) is 47.3 cm³/mol. The monoisotopic (exact) mass is 184 g/mol. The zero-order valence-electron chi connectivity index (χ0n) is 7.99. The number of hydrogen-bond donors (Lipinski definition) is 0. The molecule has 3 atom stereocenters. The minimum atomic E-state index is -0.326. The fourth-order valence-electron chi connectivity index (χ4n) is 2.25. The minimum Gasteiger partial charge on any atom is -0.347 e. The first-order chi connectivity index (χ1) is 6.24. The van der Waals surface area contributed by atoms with Crippen LogP contribution in [-0.4, -0.2) is 24.3 Å². The third kappa shape index (κ3) is 1.76. The number of aldehydes is 1. The molecular formula is C10H16O3. The van der Waals surface area contributed by atoms with Gasteiger partial charge >= 0.3 is 0 Å². The van der Waals surface area contributed by atoms with Crippen LogP contribution in [0.15, 0.2) is 0 Å². The number of ether oxygens (including phenoxy) is 2. The summed E-state index contributed by atoms with van der Waals surface area (Å²) in [6.45, 7) is 2.07. The van der Waals surface area contributed by atoms with E-state index in [-0.39, 0.29) is 11.9 Å². The lowest BCUT2D eigenvalue weighted by Gasteiger charge is -2.23. The minimum absolute atomic E-state index is 0.0998. The normalized spacial score (nSPS) is 44.4. The van der Waals surface area contributed by atoms with Gasteiger partial charge in [0.15, 0.2) is 5.79 Å². The van der Waals surface area contributed by atoms with Crippen molar-refractivity contribution in [3.63, 3.8) is 0 Å². The van der Waals surface area contributed by atoms with Crippen molar-refractivity contribution in [2.75, 3.05) is 0 Å². The van der Waals surface area contributed by atoms with Crippen LogP contribution in [0.1, 0.15) is 39.0 Å². The van der Waals surface area contributed by atoms with Crippen molar-refractivity contribution < 1.29 is 14.3 Å². The molecule has 3 heteroatoms. The summed E-state index contributed by atoms with van der Waals surface area (Å²) < 4.78 is 11.5. The molecule has 2 fully saturated rings. The van der Waals surface area contributed by atoms with Crippen LogP contribution < -0.4 is 0 Å². The van der Waals surface area contributed by atoms with E-state index in [4.69, 9.17) is 9.47 Å². The lowest BCUT2D eigenvalue weighted by molar-refractivity contribution is -0.213. The Kier molecular flexibility index (Phi) is 2.39. The van der Waals surface area contributed by atoms with Gasteiger partial charge in [-0.05, 0) is 19.8 Å². The molecule has 13 heavy (non-hydrogen) atoms. The van der Waals surface area contributed by atoms with Gasteiger partial charge in [0.25, 0.3) is 0 Å². The van der Waals surface area contributed by atoms with E-state index in [2.05, 4.69) is 6.92 Å². The molecule has 0 aromatic rings. The lowest BCUT2D eigenvalue weighted by Crippen LogP contribution is -2.28. The molecule has 2 rings (SSSR count). The van der Waals surface area contributed by atoms with E-state index in [1.807, 2.05) is 0 Å². The third-order valence-electron chi connectivity index (χ3n) is 2.94. The first-order valence-corrected chi connectivity index (χ1v) is 5.03. The molecule has 0 aromatic carbocycles. The summed E-state index contributed by atoms with van der Waals surface area (Å²) in [5.74, 6) is -0.326. The van der Waals surface area contributed by atoms with Crippen molar-refractivity contribution >= 4 is 6.29 Å². The summed E-state index contributed by atoms with van der Waals surface area (Å²) in [4.78, 5) is 10.3. The van der Waals surface area contributed by atoms with Crippen LogP contribution >= 0.6 is 0 Å². The SMILES string of the molecule is CC1CCC2(CCC(CC=O)O2)O1. The largest absolute Gasteiger partial charge is 0.347 e. The molecule has 2 heterocycles. The molecule has 3 nitrogen and oxygen atoms in total. The van der Waals surface area contributed by atoms with Gasteiger partial charge < -0.3 is 14.3 Å². The molecule has 0 bridgehead atoms. The highest BCUT2D eigenvalue weighted by atomic mass is 16.7. The van der Waals surface area contributed by atoms with Crippen LogP contribution in [0.4, 0.5) is 0 Å². The van der Waals surface area contributed by atoms with Crippen molar-refractivity contribution in [3.05, 3.63) is 0 Å². The molecule has 0 aromatic heterocycles. The molecule has 0 aliphatic carbocycles. The van der Waals surface area contributed by atoms with Gasteiger partial charge in [-0.15, -0.1) is 0 Å². The van der Waals surface area contributed by atoms with Gasteiger partial charge in [0.05, 0.1) is 12.2 Å². The average Bonchev–Trinajstić information content (AvgIpc) is 2.62. The van der Waals surface area contributed by atoms with Crippen molar-refractivity contribution in [1.29, 1.82) is 0 Å². The van der Waals surface area contributed by atoms with Crippen LogP contribution in [0.3, 0.4) is 0 Å². The highest BCUT2D eigenvalue weighted by molar-refractivity contribution is 5.50. The summed E-state index contributed by atoms with van der Waals surface area (Å²) in [5, 5.41) is 0. The van der Waals surface area contributed by atoms with E-state index in [0.717, 1.165) is 32.0 Å². The number of hydrogen-bond acceptors (Lipinski definition) is 3. The number of rotatable bonds is 2. The quantitative estimate of drug-likeness (QED) is 0.612. The van der Waals surface area contributed by atoms with Crippen molar-refractivity contribution in [2.45, 2.75) is 57.0 Å². The number of carbonyl (C=O) groups is 1. The summed E-state index contributed by atoms with van der Waals surface area (Å²) in [6.07, 6.45) is 5.85. The maximum absolute atomic E-state index is 10.3. The van der Waals surface area contributed by atoms with E-state index < -0.39 is 0 Å². The molecule has 2 aliphatic heterocycles. The summed E-state index contributed by atoms with van der Waals surface area (Å²) in [6, 6.07) is 0. The second-order valence-corrected chi connectivity index (χ2v) is 4.06. The highest BCUT2D eigenvalue weighted by Crippen LogP contribution is 2.42. The van der Waals surface area contributed by atoms with E-state index >= 15 is 0 Å². The topological polar surface area (TPSA) is 35.5 Å². The molecule has 1 spiro atoms. The molecule has 0 N–H and O–H groups in total. The van der Waals surface area contributed by atoms with E-state index in [1.165, 1.54) is 0 Å². The van der Waals surface area contributed by atoms with Gasteiger partial charge in [-0.3, -0.25) is 0 Å². The molecular weight excluding hydrogens is 168 g/mol. The van der Waals surface area contributed by atoms with Crippen LogP contribution in [0.5, 0.6) is 0 Å². The fourth-order valence-corrected chi connectivity index (χ4v) is 2.25. The molecule has 0 amide bonds. The van der Waals surface area contributed by atoms with Gasteiger partial charge in [-0.1, -0.05) is 0 Å². The second-order valence-electron chi connectivity index (χ2n) is 4.06. The third-order valence-corrected chi connectivity index (χ3v) is 2.94. The standard InChI is InChI=1S/C10H16O3/c1-8-2-5-10(12-8)6-3-9(13-10)4-7-11/h7-9H,2-6H2,1H3. The first-order valence-electron chi connectivity index (χ1n) is 5.03. The Labute approximate surface area is 78.4 Å². The Morgan fingerprint density at radius 1 is 1.38 bits per heavy atom. The van der Waals surface area contributed by atoms with Crippen molar-refractivity contribution in [3.8, 4) is 0 Å². The fraction of sp³-hybridized carbons (Fsp3) is 0.900. The van der Waals surface area contributed by atoms with Crippen LogP contribution in [-0.2, 0) is 14.3 Å². The Balaban J connectivity index is 1.93. The number of carbonyl (C=O) groups excluding carboxylic acids is 1. The Hall–Kier alpha value is -0.410. The van der Waals surface area contributed by atoms with Gasteiger partial charge in [-0.2, -0.15) is 0 Å². The Morgan fingerprint density at radius 3 is 2.77 bits per heavy atom. The molecule has 0 saturated carbocycles. The lowest BCUT2D eigenvalue weighted by atomic mass is 10.1. The highest BCUT2D eigenvalue weighted by Gasteiger charge is 2.45. The first kappa shape index (κ1) is 9.16. The van der Waals surface area contributed by atoms with Gasteiger partial charge in [0, 0.05) is 19.3 Å². The molecule has 0 radical (unpaired) electrons. The second kappa shape index (κ2) is 3.39. The van der Waals surface area contributed by atoms with Gasteiger partial charge in [0.1, 0.15) is 6.29 Å². The maximum Gasteiger partial charge on any atom is 0.169 e. The molecule has 3 unspecified atom stereocenters. The summed E-state index contributed by atoms with van der Waals surface area (Å²) in [7, 11) is 0. The summed E-state index contributed by atoms with van der Waals surface area (Å²) >= 11 is 0. The zero-order chi connectivity index (χ0) is 9.31. The Morgan fingerprint density at radius 2 is 2.15 bits per heavy atom. The van der Waals surface area contributed by atoms with Crippen LogP contribution in [0, 0.1) is 0 Å². The van der Waals surface area contributed by atoms with E-state index in [9.17, 15) is 4.79 Å². The Bertz CT molecular complexity index is 204. The smallest absolute Gasteiger partial charge is 0.169 e. The maximum atomic E-state index is 10.3. The zero-order valence-corrected chi connectivity index (χ0v) is 7.99. The van der Waals surface area contributed by atoms with E-state index in [1.54, 1.807) is 0 Å². The van der Waals surface area contributed by atoms with Crippen molar-refractivity contribution in [2.24, 2.45) is 0 Å². The molecule has 2 aliphatic rings. The van der Waals surface area contributed by atoms with Gasteiger partial charge in [-0.25, -0.2) is 0 Å². The van der Waals surface area contributed by atoms with Gasteiger partial charge in [0.2, 0.25) is 0 Å². The van der Waals surface area contributed by atoms with E-state index in [0.29, 0.717) is 12.5 Å². The molecule has 2 saturated heterocycles. The van der Waals surface area contributed by atoms with Crippen LogP contribution in [0.2, 0.25) is 0 Å². The predicted octanol–water partition coefficient (Wildman–Crippen LogP) is 1.65. The van der Waals surface area contributed by atoms with Crippen LogP contribution in [0.25, 0.3) is 0 Å².